The van der Waals surface area contributed by atoms with Crippen molar-refractivity contribution in [3.05, 3.63) is 40.8 Å². The van der Waals surface area contributed by atoms with Crippen molar-refractivity contribution in [3.63, 3.8) is 0 Å². The highest BCUT2D eigenvalue weighted by Crippen LogP contribution is 2.28. The Hall–Kier alpha value is -2.30. The minimum Gasteiger partial charge on any atom is -0.343 e. The highest BCUT2D eigenvalue weighted by molar-refractivity contribution is 7.90. The molecule has 0 unspecified atom stereocenters. The number of likely N-dealkylation sites (tertiary alicyclic amines) is 1. The van der Waals surface area contributed by atoms with Crippen LogP contribution >= 0.6 is 11.3 Å². The van der Waals surface area contributed by atoms with Gasteiger partial charge in [-0.1, -0.05) is 12.1 Å². The van der Waals surface area contributed by atoms with E-state index in [-0.39, 0.29) is 16.8 Å². The Morgan fingerprint density at radius 2 is 2.03 bits per heavy atom. The molecule has 1 aromatic carbocycles. The first-order valence-electron chi connectivity index (χ1n) is 9.49. The maximum absolute atomic E-state index is 12.6. The first kappa shape index (κ1) is 20.0. The molecule has 1 amide bonds. The lowest BCUT2D eigenvalue weighted by atomic mass is 10.0. The van der Waals surface area contributed by atoms with Gasteiger partial charge in [-0.2, -0.15) is 8.42 Å². The number of para-hydroxylation sites is 1. The molecule has 1 N–H and O–H groups in total. The first-order valence-corrected chi connectivity index (χ1v) is 11.8. The summed E-state index contributed by atoms with van der Waals surface area (Å²) in [7, 11) is -3.71. The van der Waals surface area contributed by atoms with E-state index in [1.807, 2.05) is 11.1 Å². The Morgan fingerprint density at radius 1 is 1.28 bits per heavy atom. The van der Waals surface area contributed by atoms with Crippen molar-refractivity contribution in [1.82, 2.24) is 14.8 Å². The number of fused-ring (bicyclic) bond motifs is 1. The lowest BCUT2D eigenvalue weighted by Crippen LogP contribution is -2.48. The highest BCUT2D eigenvalue weighted by atomic mass is 32.2. The van der Waals surface area contributed by atoms with Crippen LogP contribution in [0.25, 0.3) is 0 Å². The maximum Gasteiger partial charge on any atom is 0.286 e. The second-order valence-electron chi connectivity index (χ2n) is 7.24. The number of hydrogen-bond donors (Lipinski definition) is 1. The van der Waals surface area contributed by atoms with Crippen LogP contribution in [0.2, 0.25) is 0 Å². The topological polar surface area (TPSA) is 95.0 Å². The molecule has 154 valence electrons. The zero-order chi connectivity index (χ0) is 20.4. The molecule has 8 nitrogen and oxygen atoms in total. The van der Waals surface area contributed by atoms with E-state index in [0.29, 0.717) is 37.7 Å². The van der Waals surface area contributed by atoms with Crippen molar-refractivity contribution >= 4 is 38.8 Å². The van der Waals surface area contributed by atoms with E-state index >= 15 is 0 Å². The van der Waals surface area contributed by atoms with Crippen LogP contribution in [0.3, 0.4) is 0 Å². The number of aromatic nitrogens is 1. The number of thiazole rings is 1. The molecule has 1 fully saturated rings. The number of carbonyl (C=O) groups excluding carboxylic acids is 1. The number of sulfonamides is 1. The second-order valence-corrected chi connectivity index (χ2v) is 9.79. The minimum absolute atomic E-state index is 0.0958. The van der Waals surface area contributed by atoms with E-state index in [4.69, 9.17) is 0 Å². The number of anilines is 1. The number of amidine groups is 1. The fourth-order valence-corrected chi connectivity index (χ4v) is 5.57. The molecule has 0 bridgehead atoms. The third-order valence-corrected chi connectivity index (χ3v) is 7.43. The predicted molar refractivity (Wildman–Crippen MR) is 112 cm³/mol. The minimum atomic E-state index is -3.71. The van der Waals surface area contributed by atoms with Crippen molar-refractivity contribution in [1.29, 1.82) is 0 Å². The van der Waals surface area contributed by atoms with Gasteiger partial charge in [-0.15, -0.1) is 15.7 Å². The molecule has 2 aliphatic rings. The Labute approximate surface area is 174 Å². The van der Waals surface area contributed by atoms with Gasteiger partial charge in [0.15, 0.2) is 0 Å². The third-order valence-electron chi connectivity index (χ3n) is 5.30. The average molecular weight is 434 g/mol. The summed E-state index contributed by atoms with van der Waals surface area (Å²) in [4.78, 5) is 21.2. The molecule has 0 radical (unpaired) electrons. The van der Waals surface area contributed by atoms with Crippen molar-refractivity contribution in [2.45, 2.75) is 37.2 Å². The van der Waals surface area contributed by atoms with Gasteiger partial charge in [0.1, 0.15) is 10.7 Å². The third kappa shape index (κ3) is 4.49. The quantitative estimate of drug-likeness (QED) is 0.777. The molecule has 0 aliphatic carbocycles. The SMILES string of the molecule is CC(=O)N1CCC(N(CC2=NS(=O)(=O)c3ccccc3N2)Cc2cncs2)CC1. The molecule has 10 heteroatoms. The zero-order valence-corrected chi connectivity index (χ0v) is 17.7. The predicted octanol–water partition coefficient (Wildman–Crippen LogP) is 2.17. The molecule has 29 heavy (non-hydrogen) atoms. The summed E-state index contributed by atoms with van der Waals surface area (Å²) >= 11 is 1.58. The number of amides is 1. The molecular formula is C19H23N5O3S2. The van der Waals surface area contributed by atoms with E-state index in [9.17, 15) is 13.2 Å². The van der Waals surface area contributed by atoms with Crippen LogP contribution in [0.5, 0.6) is 0 Å². The highest BCUT2D eigenvalue weighted by Gasteiger charge is 2.30. The van der Waals surface area contributed by atoms with E-state index in [2.05, 4.69) is 19.6 Å². The fourth-order valence-electron chi connectivity index (χ4n) is 3.81. The molecular weight excluding hydrogens is 410 g/mol. The molecule has 4 rings (SSSR count). The summed E-state index contributed by atoms with van der Waals surface area (Å²) in [6, 6.07) is 7.04. The van der Waals surface area contributed by atoms with Crippen LogP contribution in [0, 0.1) is 0 Å². The van der Waals surface area contributed by atoms with E-state index in [1.54, 1.807) is 48.0 Å². The van der Waals surface area contributed by atoms with Gasteiger partial charge in [-0.3, -0.25) is 14.7 Å². The van der Waals surface area contributed by atoms with Gasteiger partial charge < -0.3 is 10.2 Å². The van der Waals surface area contributed by atoms with Gasteiger partial charge in [0.25, 0.3) is 10.0 Å². The van der Waals surface area contributed by atoms with Crippen LogP contribution in [0.1, 0.15) is 24.6 Å². The molecule has 2 aromatic rings. The number of piperidine rings is 1. The monoisotopic (exact) mass is 433 g/mol. The largest absolute Gasteiger partial charge is 0.343 e. The summed E-state index contributed by atoms with van der Waals surface area (Å²) in [5, 5.41) is 3.18. The van der Waals surface area contributed by atoms with Crippen LogP contribution in [0.4, 0.5) is 5.69 Å². The summed E-state index contributed by atoms with van der Waals surface area (Å²) in [6.07, 6.45) is 3.52. The Kier molecular flexibility index (Phi) is 5.66. The Balaban J connectivity index is 1.55. The average Bonchev–Trinajstić information content (AvgIpc) is 3.20. The van der Waals surface area contributed by atoms with Gasteiger partial charge in [-0.05, 0) is 25.0 Å². The zero-order valence-electron chi connectivity index (χ0n) is 16.1. The molecule has 1 saturated heterocycles. The molecule has 0 atom stereocenters. The molecule has 0 saturated carbocycles. The van der Waals surface area contributed by atoms with Crippen LogP contribution in [-0.4, -0.2) is 60.6 Å². The van der Waals surface area contributed by atoms with Gasteiger partial charge in [0.2, 0.25) is 5.91 Å². The number of hydrogen-bond acceptors (Lipinski definition) is 7. The lowest BCUT2D eigenvalue weighted by molar-refractivity contribution is -0.130. The second kappa shape index (κ2) is 8.21. The number of carbonyl (C=O) groups is 1. The first-order chi connectivity index (χ1) is 13.9. The van der Waals surface area contributed by atoms with E-state index in [1.165, 1.54) is 0 Å². The van der Waals surface area contributed by atoms with Gasteiger partial charge >= 0.3 is 0 Å². The van der Waals surface area contributed by atoms with Crippen molar-refractivity contribution in [3.8, 4) is 0 Å². The van der Waals surface area contributed by atoms with Gasteiger partial charge in [0.05, 0.1) is 17.7 Å². The summed E-state index contributed by atoms with van der Waals surface area (Å²) in [6.45, 7) is 4.06. The summed E-state index contributed by atoms with van der Waals surface area (Å²) < 4.78 is 29.2. The Bertz CT molecular complexity index is 1010. The van der Waals surface area contributed by atoms with Crippen molar-refractivity contribution < 1.29 is 13.2 Å². The molecule has 2 aliphatic heterocycles. The number of benzene rings is 1. The molecule has 3 heterocycles. The Morgan fingerprint density at radius 3 is 2.72 bits per heavy atom. The maximum atomic E-state index is 12.6. The standard InChI is InChI=1S/C19H23N5O3S2/c1-14(25)23-8-6-15(7-9-23)24(11-16-10-20-13-28-16)12-19-21-17-4-2-3-5-18(17)29(26,27)22-19/h2-5,10,13,15H,6-9,11-12H2,1H3,(H,21,22). The number of nitrogens with zero attached hydrogens (tertiary/aromatic N) is 4. The summed E-state index contributed by atoms with van der Waals surface area (Å²) in [5.41, 5.74) is 2.35. The summed E-state index contributed by atoms with van der Waals surface area (Å²) in [5.74, 6) is 0.515. The van der Waals surface area contributed by atoms with E-state index < -0.39 is 10.0 Å². The smallest absolute Gasteiger partial charge is 0.286 e. The number of nitrogens with one attached hydrogen (secondary N) is 1. The van der Waals surface area contributed by atoms with Gasteiger partial charge in [0, 0.05) is 43.7 Å². The van der Waals surface area contributed by atoms with Crippen molar-refractivity contribution in [2.75, 3.05) is 25.0 Å². The normalized spacial score (nSPS) is 18.8. The van der Waals surface area contributed by atoms with E-state index in [0.717, 1.165) is 17.7 Å². The van der Waals surface area contributed by atoms with Crippen LogP contribution in [0.15, 0.2) is 45.3 Å². The lowest BCUT2D eigenvalue weighted by Gasteiger charge is -2.38. The van der Waals surface area contributed by atoms with Crippen LogP contribution in [-0.2, 0) is 21.4 Å². The molecule has 0 spiro atoms. The van der Waals surface area contributed by atoms with Crippen molar-refractivity contribution in [2.24, 2.45) is 4.40 Å². The fraction of sp³-hybridized carbons (Fsp3) is 0.421. The number of rotatable bonds is 5. The molecule has 1 aromatic heterocycles. The van der Waals surface area contributed by atoms with Gasteiger partial charge in [-0.25, -0.2) is 0 Å². The van der Waals surface area contributed by atoms with Crippen LogP contribution < -0.4 is 5.32 Å².